The molecular weight excluding hydrogens is 182 g/mol. The first kappa shape index (κ1) is 12.6. The third kappa shape index (κ3) is 5.25. The summed E-state index contributed by atoms with van der Waals surface area (Å²) >= 11 is 0. The number of azo groups is 1. The second-order valence-electron chi connectivity index (χ2n) is 4.33. The Kier molecular flexibility index (Phi) is 3.75. The third-order valence-electron chi connectivity index (χ3n) is 1.31. The monoisotopic (exact) mass is 197 g/mol. The average Bonchev–Trinajstić information content (AvgIpc) is 1.99. The highest BCUT2D eigenvalue weighted by Crippen LogP contribution is 2.18. The van der Waals surface area contributed by atoms with Crippen molar-refractivity contribution < 1.29 is 9.90 Å². The lowest BCUT2D eigenvalue weighted by atomic mass is 10.0. The zero-order valence-corrected chi connectivity index (χ0v) is 8.90. The summed E-state index contributed by atoms with van der Waals surface area (Å²) in [6.45, 7) is 6.94. The van der Waals surface area contributed by atoms with E-state index in [2.05, 4.69) is 10.2 Å². The standard InChI is InChI=1S/C9H15N3O2/c1-8(2,3)11-12-9(4,6-10)5-7(13)14/h5H2,1-4H3,(H,13,14)/b12-11+. The Labute approximate surface area is 83.5 Å². The maximum absolute atomic E-state index is 10.4. The van der Waals surface area contributed by atoms with Crippen molar-refractivity contribution in [3.05, 3.63) is 0 Å². The van der Waals surface area contributed by atoms with E-state index in [4.69, 9.17) is 10.4 Å². The summed E-state index contributed by atoms with van der Waals surface area (Å²) in [5.41, 5.74) is -1.66. The van der Waals surface area contributed by atoms with Gasteiger partial charge in [-0.05, 0) is 27.7 Å². The number of aliphatic carboxylic acids is 1. The van der Waals surface area contributed by atoms with E-state index in [0.29, 0.717) is 0 Å². The lowest BCUT2D eigenvalue weighted by molar-refractivity contribution is -0.137. The fraction of sp³-hybridized carbons (Fsp3) is 0.778. The molecule has 14 heavy (non-hydrogen) atoms. The normalized spacial score (nSPS) is 16.2. The van der Waals surface area contributed by atoms with Crippen LogP contribution in [0.25, 0.3) is 0 Å². The quantitative estimate of drug-likeness (QED) is 0.702. The van der Waals surface area contributed by atoms with Gasteiger partial charge >= 0.3 is 5.97 Å². The summed E-state index contributed by atoms with van der Waals surface area (Å²) < 4.78 is 0. The van der Waals surface area contributed by atoms with E-state index in [1.54, 1.807) is 0 Å². The minimum absolute atomic E-state index is 0.330. The van der Waals surface area contributed by atoms with E-state index in [0.717, 1.165) is 0 Å². The van der Waals surface area contributed by atoms with Crippen LogP contribution in [-0.2, 0) is 4.79 Å². The fourth-order valence-electron chi connectivity index (χ4n) is 0.652. The van der Waals surface area contributed by atoms with Crippen LogP contribution in [-0.4, -0.2) is 22.2 Å². The minimum atomic E-state index is -1.26. The van der Waals surface area contributed by atoms with Crippen molar-refractivity contribution >= 4 is 5.97 Å². The largest absolute Gasteiger partial charge is 0.481 e. The molecule has 0 bridgehead atoms. The van der Waals surface area contributed by atoms with E-state index in [9.17, 15) is 4.79 Å². The first-order valence-corrected chi connectivity index (χ1v) is 4.26. The molecule has 1 unspecified atom stereocenters. The van der Waals surface area contributed by atoms with Crippen LogP contribution in [0, 0.1) is 11.3 Å². The van der Waals surface area contributed by atoms with Crippen LogP contribution in [0.15, 0.2) is 10.2 Å². The number of rotatable bonds is 3. The number of hydrogen-bond acceptors (Lipinski definition) is 4. The molecule has 0 radical (unpaired) electrons. The molecule has 0 aliphatic carbocycles. The molecule has 0 fully saturated rings. The van der Waals surface area contributed by atoms with Crippen LogP contribution in [0.4, 0.5) is 0 Å². The zero-order chi connectivity index (χ0) is 11.4. The molecule has 1 atom stereocenters. The van der Waals surface area contributed by atoms with Crippen molar-refractivity contribution in [1.82, 2.24) is 0 Å². The summed E-state index contributed by atoms with van der Waals surface area (Å²) in [6, 6.07) is 1.84. The van der Waals surface area contributed by atoms with Gasteiger partial charge in [0.1, 0.15) is 0 Å². The number of carbonyl (C=O) groups is 1. The number of hydrogen-bond donors (Lipinski definition) is 1. The van der Waals surface area contributed by atoms with E-state index in [-0.39, 0.29) is 6.42 Å². The van der Waals surface area contributed by atoms with Crippen LogP contribution in [0.2, 0.25) is 0 Å². The maximum Gasteiger partial charge on any atom is 0.306 e. The summed E-state index contributed by atoms with van der Waals surface area (Å²) in [4.78, 5) is 10.4. The molecule has 78 valence electrons. The predicted molar refractivity (Wildman–Crippen MR) is 50.9 cm³/mol. The molecule has 0 aromatic heterocycles. The van der Waals surface area contributed by atoms with Gasteiger partial charge in [-0.1, -0.05) is 0 Å². The molecule has 0 heterocycles. The van der Waals surface area contributed by atoms with Gasteiger partial charge in [0.25, 0.3) is 0 Å². The molecule has 0 spiro atoms. The third-order valence-corrected chi connectivity index (χ3v) is 1.31. The number of carboxylic acid groups (broad SMARTS) is 1. The van der Waals surface area contributed by atoms with Gasteiger partial charge in [-0.3, -0.25) is 4.79 Å². The Morgan fingerprint density at radius 3 is 2.14 bits per heavy atom. The molecule has 1 N–H and O–H groups in total. The Balaban J connectivity index is 4.66. The Morgan fingerprint density at radius 1 is 1.36 bits per heavy atom. The first-order chi connectivity index (χ1) is 6.18. The lowest BCUT2D eigenvalue weighted by Crippen LogP contribution is -2.24. The summed E-state index contributed by atoms with van der Waals surface area (Å²) in [7, 11) is 0. The van der Waals surface area contributed by atoms with Crippen molar-refractivity contribution in [3.8, 4) is 6.07 Å². The number of nitriles is 1. The predicted octanol–water partition coefficient (Wildman–Crippen LogP) is 1.99. The number of carboxylic acids is 1. The second kappa shape index (κ2) is 4.18. The average molecular weight is 197 g/mol. The lowest BCUT2D eigenvalue weighted by Gasteiger charge is -2.16. The van der Waals surface area contributed by atoms with Crippen LogP contribution in [0.3, 0.4) is 0 Å². The molecule has 5 heteroatoms. The highest BCUT2D eigenvalue weighted by atomic mass is 16.4. The van der Waals surface area contributed by atoms with Gasteiger partial charge in [0.2, 0.25) is 0 Å². The Morgan fingerprint density at radius 2 is 1.86 bits per heavy atom. The molecule has 0 rings (SSSR count). The van der Waals surface area contributed by atoms with E-state index in [1.165, 1.54) is 6.92 Å². The molecule has 0 saturated heterocycles. The molecule has 0 saturated carbocycles. The second-order valence-corrected chi connectivity index (χ2v) is 4.33. The Bertz CT molecular complexity index is 285. The van der Waals surface area contributed by atoms with Crippen molar-refractivity contribution in [3.63, 3.8) is 0 Å². The number of nitrogens with zero attached hydrogens (tertiary/aromatic N) is 3. The molecule has 0 aliphatic heterocycles. The smallest absolute Gasteiger partial charge is 0.306 e. The fourth-order valence-corrected chi connectivity index (χ4v) is 0.652. The molecule has 0 amide bonds. The molecule has 5 nitrogen and oxygen atoms in total. The zero-order valence-electron chi connectivity index (χ0n) is 8.90. The first-order valence-electron chi connectivity index (χ1n) is 4.26. The van der Waals surface area contributed by atoms with Crippen LogP contribution in [0.5, 0.6) is 0 Å². The van der Waals surface area contributed by atoms with Crippen molar-refractivity contribution in [2.75, 3.05) is 0 Å². The van der Waals surface area contributed by atoms with Crippen molar-refractivity contribution in [1.29, 1.82) is 5.26 Å². The minimum Gasteiger partial charge on any atom is -0.481 e. The maximum atomic E-state index is 10.4. The highest BCUT2D eigenvalue weighted by Gasteiger charge is 2.27. The van der Waals surface area contributed by atoms with Crippen LogP contribution in [0.1, 0.15) is 34.1 Å². The van der Waals surface area contributed by atoms with Gasteiger partial charge in [-0.2, -0.15) is 15.5 Å². The summed E-state index contributed by atoms with van der Waals surface area (Å²) in [5.74, 6) is -1.05. The topological polar surface area (TPSA) is 85.8 Å². The van der Waals surface area contributed by atoms with Crippen molar-refractivity contribution in [2.24, 2.45) is 10.2 Å². The molecular formula is C9H15N3O2. The molecule has 0 aliphatic rings. The van der Waals surface area contributed by atoms with Gasteiger partial charge in [0, 0.05) is 0 Å². The van der Waals surface area contributed by atoms with E-state index < -0.39 is 17.0 Å². The molecule has 0 aromatic rings. The van der Waals surface area contributed by atoms with Gasteiger partial charge in [-0.25, -0.2) is 0 Å². The van der Waals surface area contributed by atoms with Crippen molar-refractivity contribution in [2.45, 2.75) is 45.2 Å². The molecule has 0 aromatic carbocycles. The van der Waals surface area contributed by atoms with Gasteiger partial charge in [0.05, 0.1) is 18.0 Å². The SMILES string of the molecule is CC(C)(C)/N=N/C(C)(C#N)CC(=O)O. The Hall–Kier alpha value is -1.44. The summed E-state index contributed by atoms with van der Waals surface area (Å²) in [5, 5.41) is 25.0. The highest BCUT2D eigenvalue weighted by molar-refractivity contribution is 5.69. The summed E-state index contributed by atoms with van der Waals surface area (Å²) in [6.07, 6.45) is -0.330. The van der Waals surface area contributed by atoms with Gasteiger partial charge in [0.15, 0.2) is 5.54 Å². The van der Waals surface area contributed by atoms with E-state index in [1.807, 2.05) is 26.8 Å². The van der Waals surface area contributed by atoms with Crippen LogP contribution >= 0.6 is 0 Å². The van der Waals surface area contributed by atoms with Gasteiger partial charge in [-0.15, -0.1) is 0 Å². The van der Waals surface area contributed by atoms with Gasteiger partial charge < -0.3 is 5.11 Å². The van der Waals surface area contributed by atoms with E-state index >= 15 is 0 Å². The van der Waals surface area contributed by atoms with Crippen LogP contribution < -0.4 is 0 Å².